The van der Waals surface area contributed by atoms with Crippen molar-refractivity contribution in [2.24, 2.45) is 4.99 Å². The summed E-state index contributed by atoms with van der Waals surface area (Å²) in [5.74, 6) is -0.856. The van der Waals surface area contributed by atoms with Crippen LogP contribution in [-0.4, -0.2) is 58.7 Å². The van der Waals surface area contributed by atoms with Gasteiger partial charge in [0.15, 0.2) is 5.17 Å². The molecule has 0 aliphatic carbocycles. The second-order valence-corrected chi connectivity index (χ2v) is 6.44. The number of rotatable bonds is 2. The van der Waals surface area contributed by atoms with E-state index < -0.39 is 5.82 Å². The van der Waals surface area contributed by atoms with Crippen molar-refractivity contribution in [3.8, 4) is 5.75 Å². The molecule has 1 amide bonds. The summed E-state index contributed by atoms with van der Waals surface area (Å²) in [7, 11) is 0. The number of piperazine rings is 1. The van der Waals surface area contributed by atoms with Crippen molar-refractivity contribution >= 4 is 28.9 Å². The molecule has 2 aliphatic heterocycles. The third-order valence-electron chi connectivity index (χ3n) is 3.98. The maximum atomic E-state index is 13.3. The highest BCUT2D eigenvalue weighted by molar-refractivity contribution is 8.18. The lowest BCUT2D eigenvalue weighted by Gasteiger charge is -2.34. The predicted octanol–water partition coefficient (Wildman–Crippen LogP) is 2.14. The van der Waals surface area contributed by atoms with E-state index in [0.29, 0.717) is 10.1 Å². The van der Waals surface area contributed by atoms with Gasteiger partial charge in [-0.25, -0.2) is 4.39 Å². The summed E-state index contributed by atoms with van der Waals surface area (Å²) in [6.45, 7) is 6.74. The number of amides is 1. The molecule has 1 saturated heterocycles. The number of amidine groups is 1. The molecule has 0 unspecified atom stereocenters. The third kappa shape index (κ3) is 3.56. The standard InChI is InChI=1S/C16H18FN3O2S/c1-2-19-5-7-20(8-6-19)16-18-15(22)14(23-16)10-11-9-12(17)3-4-13(11)21/h3-4,9-10,21H,2,5-8H2,1H3/b14-10-. The highest BCUT2D eigenvalue weighted by Gasteiger charge is 2.28. The van der Waals surface area contributed by atoms with Gasteiger partial charge in [0, 0.05) is 31.7 Å². The summed E-state index contributed by atoms with van der Waals surface area (Å²) in [6.07, 6.45) is 1.49. The van der Waals surface area contributed by atoms with Crippen LogP contribution in [0.5, 0.6) is 5.75 Å². The van der Waals surface area contributed by atoms with Gasteiger partial charge < -0.3 is 14.9 Å². The van der Waals surface area contributed by atoms with Crippen LogP contribution in [0.25, 0.3) is 6.08 Å². The maximum absolute atomic E-state index is 13.3. The van der Waals surface area contributed by atoms with Crippen LogP contribution in [0.2, 0.25) is 0 Å². The molecule has 3 rings (SSSR count). The van der Waals surface area contributed by atoms with Gasteiger partial charge in [0.1, 0.15) is 11.6 Å². The molecule has 7 heteroatoms. The number of aliphatic imine (C=N–C) groups is 1. The average molecular weight is 335 g/mol. The minimum Gasteiger partial charge on any atom is -0.507 e. The summed E-state index contributed by atoms with van der Waals surface area (Å²) in [5, 5.41) is 10.5. The molecule has 0 aromatic heterocycles. The molecule has 0 saturated carbocycles. The Bertz CT molecular complexity index is 682. The van der Waals surface area contributed by atoms with Crippen molar-refractivity contribution in [2.75, 3.05) is 32.7 Å². The number of halogens is 1. The van der Waals surface area contributed by atoms with Crippen molar-refractivity contribution in [1.82, 2.24) is 9.80 Å². The topological polar surface area (TPSA) is 56.1 Å². The van der Waals surface area contributed by atoms with Gasteiger partial charge in [-0.3, -0.25) is 4.79 Å². The average Bonchev–Trinajstić information content (AvgIpc) is 2.92. The van der Waals surface area contributed by atoms with Crippen LogP contribution in [0.1, 0.15) is 12.5 Å². The first kappa shape index (κ1) is 16.0. The zero-order chi connectivity index (χ0) is 16.4. The SMILES string of the molecule is CCN1CCN(C2=NC(=O)/C(=C/c3cc(F)ccc3O)S2)CC1. The van der Waals surface area contributed by atoms with Crippen LogP contribution in [-0.2, 0) is 4.79 Å². The normalized spacial score (nSPS) is 21.1. The number of carbonyl (C=O) groups excluding carboxylic acids is 1. The van der Waals surface area contributed by atoms with E-state index in [0.717, 1.165) is 32.7 Å². The number of phenolic OH excluding ortho intramolecular Hbond substituents is 1. The number of nitrogens with zero attached hydrogens (tertiary/aromatic N) is 3. The zero-order valence-electron chi connectivity index (χ0n) is 12.8. The number of hydrogen-bond acceptors (Lipinski definition) is 5. The monoisotopic (exact) mass is 335 g/mol. The van der Waals surface area contributed by atoms with Crippen LogP contribution in [0, 0.1) is 5.82 Å². The Morgan fingerprint density at radius 3 is 2.78 bits per heavy atom. The zero-order valence-corrected chi connectivity index (χ0v) is 13.6. The molecule has 23 heavy (non-hydrogen) atoms. The van der Waals surface area contributed by atoms with E-state index in [9.17, 15) is 14.3 Å². The first-order valence-corrected chi connectivity index (χ1v) is 8.37. The molecular weight excluding hydrogens is 317 g/mol. The lowest BCUT2D eigenvalue weighted by molar-refractivity contribution is -0.113. The van der Waals surface area contributed by atoms with Gasteiger partial charge >= 0.3 is 0 Å². The van der Waals surface area contributed by atoms with Crippen molar-refractivity contribution in [2.45, 2.75) is 6.92 Å². The van der Waals surface area contributed by atoms with Crippen LogP contribution in [0.15, 0.2) is 28.1 Å². The Labute approximate surface area is 138 Å². The summed E-state index contributed by atoms with van der Waals surface area (Å²) in [5.41, 5.74) is 0.285. The summed E-state index contributed by atoms with van der Waals surface area (Å²) in [4.78, 5) is 21.0. The molecule has 2 heterocycles. The fourth-order valence-corrected chi connectivity index (χ4v) is 3.53. The van der Waals surface area contributed by atoms with E-state index in [1.54, 1.807) is 0 Å². The quantitative estimate of drug-likeness (QED) is 0.839. The molecule has 1 N–H and O–H groups in total. The minimum atomic E-state index is -0.457. The lowest BCUT2D eigenvalue weighted by Crippen LogP contribution is -2.47. The summed E-state index contributed by atoms with van der Waals surface area (Å²) in [6, 6.07) is 3.65. The van der Waals surface area contributed by atoms with Crippen molar-refractivity contribution in [1.29, 1.82) is 0 Å². The van der Waals surface area contributed by atoms with E-state index in [-0.39, 0.29) is 17.2 Å². The Kier molecular flexibility index (Phi) is 4.68. The fourth-order valence-electron chi connectivity index (χ4n) is 2.57. The van der Waals surface area contributed by atoms with E-state index in [2.05, 4.69) is 21.7 Å². The Morgan fingerprint density at radius 1 is 1.35 bits per heavy atom. The van der Waals surface area contributed by atoms with Gasteiger partial charge in [0.05, 0.1) is 4.91 Å². The first-order valence-electron chi connectivity index (χ1n) is 7.55. The Hall–Kier alpha value is -1.86. The minimum absolute atomic E-state index is 0.0580. The molecule has 0 radical (unpaired) electrons. The molecule has 0 atom stereocenters. The number of carbonyl (C=O) groups is 1. The van der Waals surface area contributed by atoms with E-state index in [1.807, 2.05) is 0 Å². The number of likely N-dealkylation sites (N-methyl/N-ethyl adjacent to an activating group) is 1. The molecular formula is C16H18FN3O2S. The van der Waals surface area contributed by atoms with Crippen LogP contribution < -0.4 is 0 Å². The van der Waals surface area contributed by atoms with E-state index in [4.69, 9.17) is 0 Å². The molecule has 0 bridgehead atoms. The summed E-state index contributed by atoms with van der Waals surface area (Å²) >= 11 is 1.28. The maximum Gasteiger partial charge on any atom is 0.286 e. The second-order valence-electron chi connectivity index (χ2n) is 5.43. The number of thioether (sulfide) groups is 1. The molecule has 2 aliphatic rings. The van der Waals surface area contributed by atoms with Gasteiger partial charge in [-0.1, -0.05) is 6.92 Å². The van der Waals surface area contributed by atoms with Gasteiger partial charge in [0.25, 0.3) is 5.91 Å². The molecule has 1 aromatic carbocycles. The summed E-state index contributed by atoms with van der Waals surface area (Å²) < 4.78 is 13.3. The second kappa shape index (κ2) is 6.72. The molecule has 1 fully saturated rings. The molecule has 0 spiro atoms. The molecule has 1 aromatic rings. The van der Waals surface area contributed by atoms with Crippen molar-refractivity contribution in [3.63, 3.8) is 0 Å². The molecule has 5 nitrogen and oxygen atoms in total. The van der Waals surface area contributed by atoms with Gasteiger partial charge in [-0.2, -0.15) is 4.99 Å². The van der Waals surface area contributed by atoms with Crippen molar-refractivity contribution in [3.05, 3.63) is 34.5 Å². The van der Waals surface area contributed by atoms with Gasteiger partial charge in [0.2, 0.25) is 0 Å². The van der Waals surface area contributed by atoms with Crippen LogP contribution in [0.4, 0.5) is 4.39 Å². The highest BCUT2D eigenvalue weighted by Crippen LogP contribution is 2.32. The van der Waals surface area contributed by atoms with Gasteiger partial charge in [-0.05, 0) is 42.6 Å². The van der Waals surface area contributed by atoms with Crippen LogP contribution in [0.3, 0.4) is 0 Å². The number of aromatic hydroxyl groups is 1. The van der Waals surface area contributed by atoms with Gasteiger partial charge in [-0.15, -0.1) is 0 Å². The molecule has 122 valence electrons. The largest absolute Gasteiger partial charge is 0.507 e. The number of hydrogen-bond donors (Lipinski definition) is 1. The third-order valence-corrected chi connectivity index (χ3v) is 5.02. The van der Waals surface area contributed by atoms with E-state index >= 15 is 0 Å². The highest BCUT2D eigenvalue weighted by atomic mass is 32.2. The lowest BCUT2D eigenvalue weighted by atomic mass is 10.2. The number of benzene rings is 1. The van der Waals surface area contributed by atoms with Crippen molar-refractivity contribution < 1.29 is 14.3 Å². The van der Waals surface area contributed by atoms with E-state index in [1.165, 1.54) is 36.0 Å². The Balaban J connectivity index is 1.73. The Morgan fingerprint density at radius 2 is 2.09 bits per heavy atom. The van der Waals surface area contributed by atoms with Crippen LogP contribution >= 0.6 is 11.8 Å². The predicted molar refractivity (Wildman–Crippen MR) is 89.8 cm³/mol. The number of phenols is 1. The smallest absolute Gasteiger partial charge is 0.286 e. The fraction of sp³-hybridized carbons (Fsp3) is 0.375. The first-order chi connectivity index (χ1) is 11.1.